The summed E-state index contributed by atoms with van der Waals surface area (Å²) < 4.78 is 1.78. The van der Waals surface area contributed by atoms with Gasteiger partial charge in [-0.1, -0.05) is 0 Å². The molecule has 1 saturated carbocycles. The van der Waals surface area contributed by atoms with Crippen molar-refractivity contribution in [2.24, 2.45) is 0 Å². The third-order valence-corrected chi connectivity index (χ3v) is 5.82. The summed E-state index contributed by atoms with van der Waals surface area (Å²) in [5, 5.41) is 18.3. The fourth-order valence-corrected chi connectivity index (χ4v) is 4.08. The average molecular weight is 427 g/mol. The monoisotopic (exact) mass is 427 g/mol. The largest absolute Gasteiger partial charge is 0.322 e. The first-order valence-electron chi connectivity index (χ1n) is 10.7. The lowest BCUT2D eigenvalue weighted by molar-refractivity contribution is -0.112. The van der Waals surface area contributed by atoms with E-state index < -0.39 is 0 Å². The van der Waals surface area contributed by atoms with Gasteiger partial charge in [0.1, 0.15) is 5.52 Å². The zero-order valence-corrected chi connectivity index (χ0v) is 17.2. The fraction of sp³-hybridized carbons (Fsp3) is 0.273. The van der Waals surface area contributed by atoms with Crippen molar-refractivity contribution in [3.05, 3.63) is 60.1 Å². The molecule has 10 heteroatoms. The molecule has 32 heavy (non-hydrogen) atoms. The van der Waals surface area contributed by atoms with Gasteiger partial charge in [0, 0.05) is 47.4 Å². The van der Waals surface area contributed by atoms with Crippen LogP contribution in [0.3, 0.4) is 0 Å². The highest BCUT2D eigenvalue weighted by Crippen LogP contribution is 2.40. The molecule has 10 nitrogen and oxygen atoms in total. The SMILES string of the molecule is O=C(Nc1cnccn1)C1=C(c2nc(Nc3cc(C4CC4)[nH]n3)c3cccn3n2)CCC1. The summed E-state index contributed by atoms with van der Waals surface area (Å²) in [6.45, 7) is 0. The van der Waals surface area contributed by atoms with Crippen molar-refractivity contribution < 1.29 is 4.79 Å². The predicted octanol–water partition coefficient (Wildman–Crippen LogP) is 3.44. The second-order valence-corrected chi connectivity index (χ2v) is 8.09. The highest BCUT2D eigenvalue weighted by Gasteiger charge is 2.27. The third kappa shape index (κ3) is 3.49. The molecule has 0 radical (unpaired) electrons. The van der Waals surface area contributed by atoms with Crippen molar-refractivity contribution in [1.29, 1.82) is 0 Å². The lowest BCUT2D eigenvalue weighted by Crippen LogP contribution is -2.16. The summed E-state index contributed by atoms with van der Waals surface area (Å²) >= 11 is 0. The Kier molecular flexibility index (Phi) is 4.41. The summed E-state index contributed by atoms with van der Waals surface area (Å²) in [6, 6.07) is 5.91. The molecular formula is C22H21N9O. The van der Waals surface area contributed by atoms with Crippen LogP contribution in [0.4, 0.5) is 17.5 Å². The van der Waals surface area contributed by atoms with Crippen molar-refractivity contribution in [3.63, 3.8) is 0 Å². The lowest BCUT2D eigenvalue weighted by atomic mass is 10.1. The number of hydrogen-bond acceptors (Lipinski definition) is 7. The van der Waals surface area contributed by atoms with Crippen molar-refractivity contribution in [1.82, 2.24) is 34.8 Å². The fourth-order valence-electron chi connectivity index (χ4n) is 4.08. The number of allylic oxidation sites excluding steroid dienone is 1. The van der Waals surface area contributed by atoms with Gasteiger partial charge < -0.3 is 10.6 Å². The molecule has 4 heterocycles. The molecule has 0 unspecified atom stereocenters. The van der Waals surface area contributed by atoms with E-state index in [4.69, 9.17) is 4.98 Å². The Morgan fingerprint density at radius 3 is 2.97 bits per heavy atom. The number of carbonyl (C=O) groups excluding carboxylic acids is 1. The second-order valence-electron chi connectivity index (χ2n) is 8.09. The van der Waals surface area contributed by atoms with Gasteiger partial charge in [-0.2, -0.15) is 5.10 Å². The minimum absolute atomic E-state index is 0.190. The zero-order valence-electron chi connectivity index (χ0n) is 17.2. The van der Waals surface area contributed by atoms with E-state index in [-0.39, 0.29) is 5.91 Å². The van der Waals surface area contributed by atoms with Gasteiger partial charge in [0.05, 0.1) is 6.20 Å². The molecular weight excluding hydrogens is 406 g/mol. The molecule has 0 aromatic carbocycles. The van der Waals surface area contributed by atoms with Crippen LogP contribution in [0.15, 0.2) is 48.6 Å². The highest BCUT2D eigenvalue weighted by molar-refractivity contribution is 6.08. The number of rotatable bonds is 6. The quantitative estimate of drug-likeness (QED) is 0.430. The van der Waals surface area contributed by atoms with Crippen LogP contribution in [0.1, 0.15) is 49.5 Å². The van der Waals surface area contributed by atoms with Gasteiger partial charge in [-0.05, 0) is 44.2 Å². The number of amides is 1. The molecule has 2 aliphatic rings. The number of nitrogens with zero attached hydrogens (tertiary/aromatic N) is 6. The zero-order chi connectivity index (χ0) is 21.5. The first kappa shape index (κ1) is 18.7. The van der Waals surface area contributed by atoms with Crippen LogP contribution in [0, 0.1) is 0 Å². The van der Waals surface area contributed by atoms with Crippen LogP contribution < -0.4 is 10.6 Å². The molecule has 3 N–H and O–H groups in total. The molecule has 0 atom stereocenters. The van der Waals surface area contributed by atoms with E-state index >= 15 is 0 Å². The molecule has 4 aromatic heterocycles. The Bertz CT molecular complexity index is 1330. The number of nitrogens with one attached hydrogen (secondary N) is 3. The maximum atomic E-state index is 12.9. The van der Waals surface area contributed by atoms with Gasteiger partial charge in [-0.15, -0.1) is 5.10 Å². The molecule has 0 aliphatic heterocycles. The van der Waals surface area contributed by atoms with E-state index in [0.717, 1.165) is 35.4 Å². The molecule has 2 aliphatic carbocycles. The Balaban J connectivity index is 1.35. The standard InChI is InChI=1S/C22H21N9O/c32-22(26-19-12-23-8-9-24-19)15-4-1-3-14(15)20-27-21(17-5-2-10-31(17)30-20)25-18-11-16(28-29-18)13-6-7-13/h2,5,8-13H,1,3-4,6-7H2,(H,24,26,32)(H2,25,27,28,29,30). The van der Waals surface area contributed by atoms with Gasteiger partial charge in [0.2, 0.25) is 0 Å². The number of H-pyrrole nitrogens is 1. The topological polar surface area (TPSA) is 126 Å². The lowest BCUT2D eigenvalue weighted by Gasteiger charge is -2.11. The summed E-state index contributed by atoms with van der Waals surface area (Å²) in [4.78, 5) is 25.9. The number of carbonyl (C=O) groups is 1. The molecule has 4 aromatic rings. The predicted molar refractivity (Wildman–Crippen MR) is 118 cm³/mol. The van der Waals surface area contributed by atoms with Gasteiger partial charge in [0.15, 0.2) is 23.3 Å². The Morgan fingerprint density at radius 1 is 1.19 bits per heavy atom. The summed E-state index contributed by atoms with van der Waals surface area (Å²) in [5.41, 5.74) is 3.53. The minimum Gasteiger partial charge on any atom is -0.322 e. The number of hydrogen-bond donors (Lipinski definition) is 3. The maximum absolute atomic E-state index is 12.9. The molecule has 6 rings (SSSR count). The number of anilines is 3. The Labute approximate surface area is 183 Å². The van der Waals surface area contributed by atoms with Crippen LogP contribution >= 0.6 is 0 Å². The second kappa shape index (κ2) is 7.56. The third-order valence-electron chi connectivity index (χ3n) is 5.82. The van der Waals surface area contributed by atoms with Crippen molar-refractivity contribution in [3.8, 4) is 0 Å². The van der Waals surface area contributed by atoms with Crippen molar-refractivity contribution >= 4 is 34.5 Å². The van der Waals surface area contributed by atoms with Crippen LogP contribution in [0.25, 0.3) is 11.1 Å². The first-order valence-corrected chi connectivity index (χ1v) is 10.7. The smallest absolute Gasteiger partial charge is 0.253 e. The van der Waals surface area contributed by atoms with Crippen molar-refractivity contribution in [2.75, 3.05) is 10.6 Å². The van der Waals surface area contributed by atoms with Gasteiger partial charge in [-0.25, -0.2) is 14.5 Å². The van der Waals surface area contributed by atoms with Gasteiger partial charge >= 0.3 is 0 Å². The van der Waals surface area contributed by atoms with Crippen molar-refractivity contribution in [2.45, 2.75) is 38.0 Å². The van der Waals surface area contributed by atoms with Gasteiger partial charge in [-0.3, -0.25) is 14.9 Å². The number of aromatic amines is 1. The Hall–Kier alpha value is -4.08. The van der Waals surface area contributed by atoms with E-state index in [2.05, 4.69) is 35.9 Å². The van der Waals surface area contributed by atoms with E-state index in [1.165, 1.54) is 19.0 Å². The normalized spacial score (nSPS) is 16.0. The van der Waals surface area contributed by atoms with E-state index in [0.29, 0.717) is 35.4 Å². The van der Waals surface area contributed by atoms with E-state index in [1.807, 2.05) is 24.4 Å². The average Bonchev–Trinajstić information content (AvgIpc) is 3.20. The molecule has 0 saturated heterocycles. The van der Waals surface area contributed by atoms with Crippen LogP contribution in [-0.4, -0.2) is 40.7 Å². The molecule has 160 valence electrons. The van der Waals surface area contributed by atoms with Crippen LogP contribution in [-0.2, 0) is 4.79 Å². The molecule has 1 amide bonds. The van der Waals surface area contributed by atoms with E-state index in [1.54, 1.807) is 16.9 Å². The summed E-state index contributed by atoms with van der Waals surface area (Å²) in [6.07, 6.45) is 11.2. The maximum Gasteiger partial charge on any atom is 0.253 e. The first-order chi connectivity index (χ1) is 15.7. The summed E-state index contributed by atoms with van der Waals surface area (Å²) in [5.74, 6) is 2.74. The number of aromatic nitrogens is 7. The molecule has 0 spiro atoms. The number of fused-ring (bicyclic) bond motifs is 1. The van der Waals surface area contributed by atoms with Crippen LogP contribution in [0.5, 0.6) is 0 Å². The van der Waals surface area contributed by atoms with Crippen LogP contribution in [0.2, 0.25) is 0 Å². The minimum atomic E-state index is -0.190. The van der Waals surface area contributed by atoms with Gasteiger partial charge in [0.25, 0.3) is 5.91 Å². The Morgan fingerprint density at radius 2 is 2.12 bits per heavy atom. The molecule has 1 fully saturated rings. The van der Waals surface area contributed by atoms with E-state index in [9.17, 15) is 4.79 Å². The summed E-state index contributed by atoms with van der Waals surface area (Å²) in [7, 11) is 0. The highest BCUT2D eigenvalue weighted by atomic mass is 16.1. The molecule has 0 bridgehead atoms.